The van der Waals surface area contributed by atoms with Gasteiger partial charge in [-0.15, -0.1) is 0 Å². The summed E-state index contributed by atoms with van der Waals surface area (Å²) in [4.78, 5) is 0. The first-order chi connectivity index (χ1) is 6.59. The predicted molar refractivity (Wildman–Crippen MR) is 59.0 cm³/mol. The van der Waals surface area contributed by atoms with Gasteiger partial charge in [0, 0.05) is 11.0 Å². The average Bonchev–Trinajstić information content (AvgIpc) is 2.14. The highest BCUT2D eigenvalue weighted by molar-refractivity contribution is 9.10. The minimum Gasteiger partial charge on any atom is -0.387 e. The molecule has 0 saturated heterocycles. The van der Waals surface area contributed by atoms with Crippen LogP contribution in [0.15, 0.2) is 28.7 Å². The van der Waals surface area contributed by atoms with E-state index in [0.29, 0.717) is 0 Å². The number of aliphatic hydroxyl groups excluding tert-OH is 1. The maximum atomic E-state index is 9.66. The molecule has 0 aliphatic rings. The van der Waals surface area contributed by atoms with Gasteiger partial charge in [-0.2, -0.15) is 0 Å². The molecule has 1 aromatic rings. The molecule has 5 N–H and O–H groups in total. The quantitative estimate of drug-likeness (QED) is 0.481. The van der Waals surface area contributed by atoms with Gasteiger partial charge in [0.2, 0.25) is 0 Å². The Morgan fingerprint density at radius 3 is 2.93 bits per heavy atom. The Balaban J connectivity index is 2.60. The zero-order valence-electron chi connectivity index (χ0n) is 7.50. The van der Waals surface area contributed by atoms with E-state index in [0.717, 1.165) is 10.0 Å². The number of hydrogen-bond acceptors (Lipinski definition) is 2. The number of nitrogens with two attached hydrogens (primary N) is 1. The molecule has 0 amide bonds. The smallest absolute Gasteiger partial charge is 0.185 e. The number of rotatable bonds is 3. The summed E-state index contributed by atoms with van der Waals surface area (Å²) in [5.41, 5.74) is 5.89. The van der Waals surface area contributed by atoms with E-state index in [1.165, 1.54) is 0 Å². The Kier molecular flexibility index (Phi) is 3.91. The normalized spacial score (nSPS) is 12.1. The third-order valence-electron chi connectivity index (χ3n) is 1.72. The second-order valence-electron chi connectivity index (χ2n) is 2.87. The van der Waals surface area contributed by atoms with Crippen LogP contribution in [0, 0.1) is 5.41 Å². The van der Waals surface area contributed by atoms with Crippen molar-refractivity contribution >= 4 is 21.9 Å². The first-order valence-electron chi connectivity index (χ1n) is 4.11. The molecule has 0 aliphatic heterocycles. The van der Waals surface area contributed by atoms with Gasteiger partial charge >= 0.3 is 0 Å². The van der Waals surface area contributed by atoms with Crippen LogP contribution in [0.2, 0.25) is 0 Å². The van der Waals surface area contributed by atoms with E-state index in [1.807, 2.05) is 24.3 Å². The molecule has 1 atom stereocenters. The molecule has 14 heavy (non-hydrogen) atoms. The van der Waals surface area contributed by atoms with Crippen molar-refractivity contribution in [3.8, 4) is 0 Å². The summed E-state index contributed by atoms with van der Waals surface area (Å²) >= 11 is 3.31. The lowest BCUT2D eigenvalue weighted by Crippen LogP contribution is -2.33. The summed E-state index contributed by atoms with van der Waals surface area (Å²) in [6.07, 6.45) is -0.656. The van der Waals surface area contributed by atoms with Crippen molar-refractivity contribution in [1.29, 1.82) is 5.41 Å². The highest BCUT2D eigenvalue weighted by Gasteiger charge is 2.06. The highest BCUT2D eigenvalue weighted by Crippen LogP contribution is 2.17. The maximum Gasteiger partial charge on any atom is 0.185 e. The van der Waals surface area contributed by atoms with Gasteiger partial charge < -0.3 is 16.2 Å². The van der Waals surface area contributed by atoms with Gasteiger partial charge in [-0.05, 0) is 17.7 Å². The molecule has 0 fully saturated rings. The average molecular weight is 258 g/mol. The first-order valence-corrected chi connectivity index (χ1v) is 4.90. The molecule has 0 unspecified atom stereocenters. The Hall–Kier alpha value is -1.07. The van der Waals surface area contributed by atoms with Gasteiger partial charge in [0.25, 0.3) is 0 Å². The molecule has 1 aromatic carbocycles. The SMILES string of the molecule is N=C(N)NC[C@H](O)c1cccc(Br)c1. The Morgan fingerprint density at radius 1 is 1.64 bits per heavy atom. The largest absolute Gasteiger partial charge is 0.387 e. The molecule has 4 nitrogen and oxygen atoms in total. The highest BCUT2D eigenvalue weighted by atomic mass is 79.9. The fourth-order valence-corrected chi connectivity index (χ4v) is 1.46. The summed E-state index contributed by atoms with van der Waals surface area (Å²) in [5, 5.41) is 19.2. The number of hydrogen-bond donors (Lipinski definition) is 4. The van der Waals surface area contributed by atoms with Gasteiger partial charge in [0.05, 0.1) is 6.10 Å². The van der Waals surface area contributed by atoms with E-state index in [1.54, 1.807) is 0 Å². The summed E-state index contributed by atoms with van der Waals surface area (Å²) in [6.45, 7) is 0.242. The van der Waals surface area contributed by atoms with Gasteiger partial charge in [0.15, 0.2) is 5.96 Å². The summed E-state index contributed by atoms with van der Waals surface area (Å²) in [7, 11) is 0. The van der Waals surface area contributed by atoms with Crippen LogP contribution in [0.3, 0.4) is 0 Å². The second kappa shape index (κ2) is 4.97. The molecule has 76 valence electrons. The molecule has 0 aromatic heterocycles. The number of benzene rings is 1. The minimum atomic E-state index is -0.656. The van der Waals surface area contributed by atoms with Crippen LogP contribution in [0.4, 0.5) is 0 Å². The molecule has 0 aliphatic carbocycles. The van der Waals surface area contributed by atoms with E-state index in [4.69, 9.17) is 11.1 Å². The van der Waals surface area contributed by atoms with Gasteiger partial charge in [-0.3, -0.25) is 5.41 Å². The fourth-order valence-electron chi connectivity index (χ4n) is 1.04. The van der Waals surface area contributed by atoms with Gasteiger partial charge in [0.1, 0.15) is 0 Å². The number of halogens is 1. The number of guanidine groups is 1. The van der Waals surface area contributed by atoms with E-state index < -0.39 is 6.10 Å². The van der Waals surface area contributed by atoms with Crippen molar-refractivity contribution in [2.75, 3.05) is 6.54 Å². The zero-order valence-corrected chi connectivity index (χ0v) is 9.08. The third kappa shape index (κ3) is 3.35. The fraction of sp³-hybridized carbons (Fsp3) is 0.222. The van der Waals surface area contributed by atoms with E-state index in [-0.39, 0.29) is 12.5 Å². The van der Waals surface area contributed by atoms with Crippen LogP contribution in [-0.2, 0) is 0 Å². The Morgan fingerprint density at radius 2 is 2.36 bits per heavy atom. The molecule has 0 radical (unpaired) electrons. The molecule has 0 spiro atoms. The number of nitrogens with one attached hydrogen (secondary N) is 2. The zero-order chi connectivity index (χ0) is 10.6. The molecule has 1 rings (SSSR count). The van der Waals surface area contributed by atoms with Gasteiger partial charge in [-0.25, -0.2) is 0 Å². The monoisotopic (exact) mass is 257 g/mol. The van der Waals surface area contributed by atoms with E-state index in [9.17, 15) is 5.11 Å². The van der Waals surface area contributed by atoms with Crippen LogP contribution < -0.4 is 11.1 Å². The second-order valence-corrected chi connectivity index (χ2v) is 3.78. The molecule has 0 heterocycles. The van der Waals surface area contributed by atoms with Crippen molar-refractivity contribution in [1.82, 2.24) is 5.32 Å². The van der Waals surface area contributed by atoms with Crippen LogP contribution in [0.1, 0.15) is 11.7 Å². The van der Waals surface area contributed by atoms with Crippen LogP contribution in [-0.4, -0.2) is 17.6 Å². The summed E-state index contributed by atoms with van der Waals surface area (Å²) in [5.74, 6) is -0.140. The van der Waals surface area contributed by atoms with Crippen molar-refractivity contribution in [2.24, 2.45) is 5.73 Å². The van der Waals surface area contributed by atoms with Crippen LogP contribution >= 0.6 is 15.9 Å². The maximum absolute atomic E-state index is 9.66. The molecular weight excluding hydrogens is 246 g/mol. The predicted octanol–water partition coefficient (Wildman–Crippen LogP) is 0.966. The lowest BCUT2D eigenvalue weighted by atomic mass is 10.1. The van der Waals surface area contributed by atoms with Crippen molar-refractivity contribution in [2.45, 2.75) is 6.10 Å². The first kappa shape index (κ1) is 11.0. The topological polar surface area (TPSA) is 82.1 Å². The Bertz CT molecular complexity index is 330. The summed E-state index contributed by atoms with van der Waals surface area (Å²) < 4.78 is 0.914. The van der Waals surface area contributed by atoms with E-state index >= 15 is 0 Å². The minimum absolute atomic E-state index is 0.140. The molecule has 5 heteroatoms. The molecular formula is C9H12BrN3O. The van der Waals surface area contributed by atoms with Crippen molar-refractivity contribution < 1.29 is 5.11 Å². The summed E-state index contributed by atoms with van der Waals surface area (Å²) in [6, 6.07) is 7.37. The van der Waals surface area contributed by atoms with E-state index in [2.05, 4.69) is 21.2 Å². The number of aliphatic hydroxyl groups is 1. The van der Waals surface area contributed by atoms with Crippen LogP contribution in [0.25, 0.3) is 0 Å². The Labute approximate surface area is 90.8 Å². The standard InChI is InChI=1S/C9H12BrN3O/c10-7-3-1-2-6(4-7)8(14)5-13-9(11)12/h1-4,8,14H,5H2,(H4,11,12,13)/t8-/m0/s1. The lowest BCUT2D eigenvalue weighted by molar-refractivity contribution is 0.181. The molecule has 0 saturated carbocycles. The van der Waals surface area contributed by atoms with Gasteiger partial charge in [-0.1, -0.05) is 28.1 Å². The van der Waals surface area contributed by atoms with Crippen molar-refractivity contribution in [3.63, 3.8) is 0 Å². The molecule has 0 bridgehead atoms. The van der Waals surface area contributed by atoms with Crippen LogP contribution in [0.5, 0.6) is 0 Å². The lowest BCUT2D eigenvalue weighted by Gasteiger charge is -2.12. The third-order valence-corrected chi connectivity index (χ3v) is 2.21. The van der Waals surface area contributed by atoms with Crippen molar-refractivity contribution in [3.05, 3.63) is 34.3 Å².